The number of aromatic hydroxyl groups is 1. The fraction of sp³-hybridized carbons (Fsp3) is 0.529. The Bertz CT molecular complexity index is 632. The third-order valence-corrected chi connectivity index (χ3v) is 5.67. The molecular weight excluding hydrogens is 308 g/mol. The van der Waals surface area contributed by atoms with Gasteiger partial charge in [0, 0.05) is 37.8 Å². The highest BCUT2D eigenvalue weighted by molar-refractivity contribution is 7.18. The monoisotopic (exact) mass is 332 g/mol. The predicted molar refractivity (Wildman–Crippen MR) is 95.1 cm³/mol. The number of hydrogen-bond donors (Lipinski definition) is 1. The SMILES string of the molecule is CC(C)N1CCC(N(C)c2nnc(-c3ccc(O)cc3)s2)CC1. The van der Waals surface area contributed by atoms with Gasteiger partial charge in [0.1, 0.15) is 10.8 Å². The molecule has 0 spiro atoms. The second kappa shape index (κ2) is 6.84. The van der Waals surface area contributed by atoms with Crippen LogP contribution in [-0.4, -0.2) is 52.4 Å². The number of phenolic OH excluding ortho intramolecular Hbond substituents is 1. The topological polar surface area (TPSA) is 52.5 Å². The highest BCUT2D eigenvalue weighted by Gasteiger charge is 2.25. The van der Waals surface area contributed by atoms with Crippen LogP contribution in [0.4, 0.5) is 5.13 Å². The molecule has 1 aromatic heterocycles. The van der Waals surface area contributed by atoms with Gasteiger partial charge in [-0.3, -0.25) is 0 Å². The van der Waals surface area contributed by atoms with Gasteiger partial charge >= 0.3 is 0 Å². The molecule has 6 heteroatoms. The zero-order chi connectivity index (χ0) is 16.4. The van der Waals surface area contributed by atoms with Crippen molar-refractivity contribution >= 4 is 16.5 Å². The Kier molecular flexibility index (Phi) is 4.82. The molecule has 5 nitrogen and oxygen atoms in total. The molecule has 0 saturated carbocycles. The highest BCUT2D eigenvalue weighted by Crippen LogP contribution is 2.31. The fourth-order valence-electron chi connectivity index (χ4n) is 3.02. The maximum atomic E-state index is 9.38. The largest absolute Gasteiger partial charge is 0.508 e. The fourth-order valence-corrected chi connectivity index (χ4v) is 3.91. The zero-order valence-corrected chi connectivity index (χ0v) is 14.8. The van der Waals surface area contributed by atoms with E-state index in [2.05, 4.69) is 40.9 Å². The van der Waals surface area contributed by atoms with Gasteiger partial charge in [-0.15, -0.1) is 10.2 Å². The first kappa shape index (κ1) is 16.2. The molecular formula is C17H24N4OS. The Hall–Kier alpha value is -1.66. The third kappa shape index (κ3) is 3.64. The van der Waals surface area contributed by atoms with Crippen molar-refractivity contribution in [3.63, 3.8) is 0 Å². The van der Waals surface area contributed by atoms with Gasteiger partial charge in [0.05, 0.1) is 0 Å². The molecule has 0 atom stereocenters. The zero-order valence-electron chi connectivity index (χ0n) is 13.9. The van der Waals surface area contributed by atoms with Gasteiger partial charge in [-0.25, -0.2) is 0 Å². The summed E-state index contributed by atoms with van der Waals surface area (Å²) in [6, 6.07) is 8.28. The molecule has 1 N–H and O–H groups in total. The smallest absolute Gasteiger partial charge is 0.208 e. The van der Waals surface area contributed by atoms with E-state index in [-0.39, 0.29) is 5.75 Å². The molecule has 2 aromatic rings. The lowest BCUT2D eigenvalue weighted by atomic mass is 10.0. The van der Waals surface area contributed by atoms with Crippen molar-refractivity contribution in [1.82, 2.24) is 15.1 Å². The number of phenols is 1. The molecule has 1 saturated heterocycles. The number of rotatable bonds is 4. The van der Waals surface area contributed by atoms with Crippen molar-refractivity contribution in [1.29, 1.82) is 0 Å². The van der Waals surface area contributed by atoms with Crippen molar-refractivity contribution in [2.24, 2.45) is 0 Å². The first-order valence-corrected chi connectivity index (χ1v) is 8.96. The molecule has 0 radical (unpaired) electrons. The van der Waals surface area contributed by atoms with Crippen LogP contribution in [-0.2, 0) is 0 Å². The number of aromatic nitrogens is 2. The standard InChI is InChI=1S/C17H24N4OS/c1-12(2)21-10-8-14(9-11-21)20(3)17-19-18-16(23-17)13-4-6-15(22)7-5-13/h4-7,12,14,22H,8-11H2,1-3H3. The van der Waals surface area contributed by atoms with Gasteiger partial charge in [0.2, 0.25) is 5.13 Å². The van der Waals surface area contributed by atoms with E-state index in [1.807, 2.05) is 12.1 Å². The number of benzene rings is 1. The number of hydrogen-bond acceptors (Lipinski definition) is 6. The first-order chi connectivity index (χ1) is 11.0. The molecule has 1 aromatic carbocycles. The molecule has 0 aliphatic carbocycles. The minimum Gasteiger partial charge on any atom is -0.508 e. The van der Waals surface area contributed by atoms with Crippen LogP contribution < -0.4 is 4.90 Å². The number of nitrogens with zero attached hydrogens (tertiary/aromatic N) is 4. The third-order valence-electron chi connectivity index (χ3n) is 4.61. The van der Waals surface area contributed by atoms with E-state index < -0.39 is 0 Å². The van der Waals surface area contributed by atoms with Crippen LogP contribution in [0.25, 0.3) is 10.6 Å². The Morgan fingerprint density at radius 2 is 1.83 bits per heavy atom. The minimum absolute atomic E-state index is 0.271. The second-order valence-corrected chi connectivity index (χ2v) is 7.36. The number of likely N-dealkylation sites (tertiary alicyclic amines) is 1. The van der Waals surface area contributed by atoms with E-state index in [0.717, 1.165) is 28.8 Å². The van der Waals surface area contributed by atoms with Crippen LogP contribution in [0.2, 0.25) is 0 Å². The molecule has 23 heavy (non-hydrogen) atoms. The van der Waals surface area contributed by atoms with Crippen LogP contribution in [0.1, 0.15) is 26.7 Å². The number of anilines is 1. The van der Waals surface area contributed by atoms with E-state index in [9.17, 15) is 5.11 Å². The highest BCUT2D eigenvalue weighted by atomic mass is 32.1. The molecule has 0 bridgehead atoms. The van der Waals surface area contributed by atoms with E-state index in [1.54, 1.807) is 23.5 Å². The molecule has 0 unspecified atom stereocenters. The summed E-state index contributed by atoms with van der Waals surface area (Å²) < 4.78 is 0. The molecule has 2 heterocycles. The molecule has 3 rings (SSSR count). The lowest BCUT2D eigenvalue weighted by molar-refractivity contribution is 0.171. The van der Waals surface area contributed by atoms with Crippen LogP contribution in [0.5, 0.6) is 5.75 Å². The Balaban J connectivity index is 1.67. The van der Waals surface area contributed by atoms with Gasteiger partial charge in [-0.1, -0.05) is 11.3 Å². The van der Waals surface area contributed by atoms with Crippen LogP contribution >= 0.6 is 11.3 Å². The summed E-state index contributed by atoms with van der Waals surface area (Å²) in [5.41, 5.74) is 0.995. The van der Waals surface area contributed by atoms with E-state index >= 15 is 0 Å². The van der Waals surface area contributed by atoms with E-state index in [4.69, 9.17) is 0 Å². The lowest BCUT2D eigenvalue weighted by Gasteiger charge is -2.38. The quantitative estimate of drug-likeness (QED) is 0.932. The maximum Gasteiger partial charge on any atom is 0.208 e. The normalized spacial score (nSPS) is 16.9. The second-order valence-electron chi connectivity index (χ2n) is 6.41. The van der Waals surface area contributed by atoms with Gasteiger partial charge < -0.3 is 14.9 Å². The predicted octanol–water partition coefficient (Wildman–Crippen LogP) is 3.22. The average Bonchev–Trinajstić information content (AvgIpc) is 3.05. The van der Waals surface area contributed by atoms with Crippen LogP contribution in [0.15, 0.2) is 24.3 Å². The first-order valence-electron chi connectivity index (χ1n) is 8.14. The Labute approximate surface area is 141 Å². The van der Waals surface area contributed by atoms with Crippen molar-refractivity contribution in [2.75, 3.05) is 25.0 Å². The van der Waals surface area contributed by atoms with Gasteiger partial charge in [-0.2, -0.15) is 0 Å². The lowest BCUT2D eigenvalue weighted by Crippen LogP contribution is -2.45. The number of piperidine rings is 1. The summed E-state index contributed by atoms with van der Waals surface area (Å²) in [4.78, 5) is 4.81. The summed E-state index contributed by atoms with van der Waals surface area (Å²) in [5, 5.41) is 19.9. The van der Waals surface area contributed by atoms with Crippen molar-refractivity contribution in [3.8, 4) is 16.3 Å². The molecule has 1 fully saturated rings. The van der Waals surface area contributed by atoms with E-state index in [1.165, 1.54) is 12.8 Å². The summed E-state index contributed by atoms with van der Waals surface area (Å²) in [6.45, 7) is 6.82. The summed E-state index contributed by atoms with van der Waals surface area (Å²) in [5.74, 6) is 0.271. The van der Waals surface area contributed by atoms with Crippen molar-refractivity contribution < 1.29 is 5.11 Å². The van der Waals surface area contributed by atoms with Gasteiger partial charge in [0.25, 0.3) is 0 Å². The van der Waals surface area contributed by atoms with Crippen molar-refractivity contribution in [3.05, 3.63) is 24.3 Å². The van der Waals surface area contributed by atoms with E-state index in [0.29, 0.717) is 12.1 Å². The molecule has 124 valence electrons. The molecule has 1 aliphatic rings. The minimum atomic E-state index is 0.271. The molecule has 0 amide bonds. The summed E-state index contributed by atoms with van der Waals surface area (Å²) in [6.07, 6.45) is 2.34. The van der Waals surface area contributed by atoms with Gasteiger partial charge in [0.15, 0.2) is 0 Å². The van der Waals surface area contributed by atoms with Crippen molar-refractivity contribution in [2.45, 2.75) is 38.8 Å². The Morgan fingerprint density at radius 3 is 2.43 bits per heavy atom. The van der Waals surface area contributed by atoms with Crippen LogP contribution in [0, 0.1) is 0 Å². The maximum absolute atomic E-state index is 9.38. The Morgan fingerprint density at radius 1 is 1.17 bits per heavy atom. The van der Waals surface area contributed by atoms with Crippen LogP contribution in [0.3, 0.4) is 0 Å². The molecule has 1 aliphatic heterocycles. The summed E-state index contributed by atoms with van der Waals surface area (Å²) >= 11 is 1.61. The van der Waals surface area contributed by atoms with Gasteiger partial charge in [-0.05, 0) is 51.0 Å². The average molecular weight is 332 g/mol. The summed E-state index contributed by atoms with van der Waals surface area (Å²) in [7, 11) is 2.12.